The third-order valence-corrected chi connectivity index (χ3v) is 3.42. The molecule has 0 radical (unpaired) electrons. The van der Waals surface area contributed by atoms with Crippen LogP contribution in [0.1, 0.15) is 35.4 Å². The average molecular weight is 349 g/mol. The van der Waals surface area contributed by atoms with Crippen molar-refractivity contribution in [2.24, 2.45) is 5.73 Å². The molecule has 0 heterocycles. The molecule has 25 heavy (non-hydrogen) atoms. The highest BCUT2D eigenvalue weighted by Crippen LogP contribution is 2.22. The summed E-state index contributed by atoms with van der Waals surface area (Å²) in [5.74, 6) is -2.31. The van der Waals surface area contributed by atoms with Crippen molar-refractivity contribution in [3.05, 3.63) is 65.2 Å². The Kier molecular flexibility index (Phi) is 6.05. The van der Waals surface area contributed by atoms with Crippen molar-refractivity contribution in [2.45, 2.75) is 19.4 Å². The summed E-state index contributed by atoms with van der Waals surface area (Å²) in [5.41, 5.74) is 5.38. The van der Waals surface area contributed by atoms with Gasteiger partial charge in [-0.2, -0.15) is 0 Å². The van der Waals surface area contributed by atoms with E-state index >= 15 is 0 Å². The van der Waals surface area contributed by atoms with Gasteiger partial charge >= 0.3 is 5.97 Å². The lowest BCUT2D eigenvalue weighted by atomic mass is 10.1. The SMILES string of the molecule is CC(OC(=O)CCOc1ccccc1C(N)=O)c1cc(F)ccc1F. The highest BCUT2D eigenvalue weighted by Gasteiger charge is 2.17. The van der Waals surface area contributed by atoms with Gasteiger partial charge in [-0.3, -0.25) is 9.59 Å². The Hall–Kier alpha value is -2.96. The first kappa shape index (κ1) is 18.4. The lowest BCUT2D eigenvalue weighted by molar-refractivity contribution is -0.149. The molecule has 0 aliphatic carbocycles. The van der Waals surface area contributed by atoms with Crippen LogP contribution >= 0.6 is 0 Å². The van der Waals surface area contributed by atoms with Crippen LogP contribution in [0.15, 0.2) is 42.5 Å². The van der Waals surface area contributed by atoms with Crippen LogP contribution in [0.3, 0.4) is 0 Å². The van der Waals surface area contributed by atoms with Crippen LogP contribution in [0.2, 0.25) is 0 Å². The van der Waals surface area contributed by atoms with Crippen LogP contribution in [0.4, 0.5) is 8.78 Å². The molecule has 5 nitrogen and oxygen atoms in total. The summed E-state index contributed by atoms with van der Waals surface area (Å²) in [6, 6.07) is 9.29. The molecule has 2 aromatic carbocycles. The Morgan fingerprint density at radius 1 is 1.16 bits per heavy atom. The first-order valence-corrected chi connectivity index (χ1v) is 7.54. The van der Waals surface area contributed by atoms with Gasteiger partial charge in [-0.1, -0.05) is 12.1 Å². The zero-order valence-corrected chi connectivity index (χ0v) is 13.5. The molecular weight excluding hydrogens is 332 g/mol. The number of halogens is 2. The number of rotatable bonds is 7. The molecule has 2 aromatic rings. The van der Waals surface area contributed by atoms with Gasteiger partial charge in [-0.25, -0.2) is 8.78 Å². The first-order chi connectivity index (χ1) is 11.9. The van der Waals surface area contributed by atoms with Gasteiger partial charge in [0.25, 0.3) is 5.91 Å². The summed E-state index contributed by atoms with van der Waals surface area (Å²) in [5, 5.41) is 0. The topological polar surface area (TPSA) is 78.6 Å². The summed E-state index contributed by atoms with van der Waals surface area (Å²) in [7, 11) is 0. The molecule has 0 aromatic heterocycles. The number of carbonyl (C=O) groups is 2. The number of para-hydroxylation sites is 1. The fraction of sp³-hybridized carbons (Fsp3) is 0.222. The largest absolute Gasteiger partial charge is 0.492 e. The second kappa shape index (κ2) is 8.23. The van der Waals surface area contributed by atoms with E-state index in [2.05, 4.69) is 0 Å². The van der Waals surface area contributed by atoms with Gasteiger partial charge in [0.2, 0.25) is 0 Å². The molecule has 2 N–H and O–H groups in total. The molecule has 0 aliphatic rings. The van der Waals surface area contributed by atoms with E-state index in [0.29, 0.717) is 0 Å². The number of nitrogens with two attached hydrogens (primary N) is 1. The van der Waals surface area contributed by atoms with Gasteiger partial charge in [0.1, 0.15) is 23.5 Å². The molecule has 1 amide bonds. The Morgan fingerprint density at radius 2 is 1.88 bits per heavy atom. The van der Waals surface area contributed by atoms with Crippen molar-refractivity contribution in [3.8, 4) is 5.75 Å². The second-order valence-corrected chi connectivity index (χ2v) is 5.26. The third-order valence-electron chi connectivity index (χ3n) is 3.42. The van der Waals surface area contributed by atoms with Crippen molar-refractivity contribution < 1.29 is 27.8 Å². The van der Waals surface area contributed by atoms with Crippen LogP contribution in [0.5, 0.6) is 5.75 Å². The van der Waals surface area contributed by atoms with Crippen LogP contribution < -0.4 is 10.5 Å². The number of benzene rings is 2. The number of primary amides is 1. The summed E-state index contributed by atoms with van der Waals surface area (Å²) >= 11 is 0. The van der Waals surface area contributed by atoms with Gasteiger partial charge in [0.15, 0.2) is 0 Å². The molecule has 1 atom stereocenters. The lowest BCUT2D eigenvalue weighted by Gasteiger charge is -2.15. The van der Waals surface area contributed by atoms with E-state index in [1.54, 1.807) is 18.2 Å². The second-order valence-electron chi connectivity index (χ2n) is 5.26. The minimum Gasteiger partial charge on any atom is -0.492 e. The minimum absolute atomic E-state index is 0.0478. The first-order valence-electron chi connectivity index (χ1n) is 7.54. The minimum atomic E-state index is -0.943. The monoisotopic (exact) mass is 349 g/mol. The number of ether oxygens (including phenoxy) is 2. The Balaban J connectivity index is 1.89. The Bertz CT molecular complexity index is 779. The van der Waals surface area contributed by atoms with Gasteiger partial charge in [-0.15, -0.1) is 0 Å². The fourth-order valence-corrected chi connectivity index (χ4v) is 2.19. The lowest BCUT2D eigenvalue weighted by Crippen LogP contribution is -2.16. The van der Waals surface area contributed by atoms with Gasteiger partial charge in [0, 0.05) is 5.56 Å². The van der Waals surface area contributed by atoms with Crippen molar-refractivity contribution in [1.82, 2.24) is 0 Å². The maximum absolute atomic E-state index is 13.6. The molecule has 7 heteroatoms. The zero-order chi connectivity index (χ0) is 18.4. The standard InChI is InChI=1S/C18H17F2NO4/c1-11(14-10-12(19)6-7-15(14)20)25-17(22)8-9-24-16-5-3-2-4-13(16)18(21)23/h2-7,10-11H,8-9H2,1H3,(H2,21,23). The van der Waals surface area contributed by atoms with Crippen molar-refractivity contribution in [1.29, 1.82) is 0 Å². The average Bonchev–Trinajstić information content (AvgIpc) is 2.57. The van der Waals surface area contributed by atoms with E-state index in [0.717, 1.165) is 18.2 Å². The molecule has 0 spiro atoms. The van der Waals surface area contributed by atoms with Crippen molar-refractivity contribution in [3.63, 3.8) is 0 Å². The predicted molar refractivity (Wildman–Crippen MR) is 85.9 cm³/mol. The number of hydrogen-bond acceptors (Lipinski definition) is 4. The third kappa shape index (κ3) is 5.00. The highest BCUT2D eigenvalue weighted by atomic mass is 19.1. The zero-order valence-electron chi connectivity index (χ0n) is 13.5. The summed E-state index contributed by atoms with van der Waals surface area (Å²) < 4.78 is 37.2. The van der Waals surface area contributed by atoms with E-state index in [-0.39, 0.29) is 29.9 Å². The van der Waals surface area contributed by atoms with Gasteiger partial charge in [0.05, 0.1) is 18.6 Å². The van der Waals surface area contributed by atoms with Crippen LogP contribution in [-0.4, -0.2) is 18.5 Å². The van der Waals surface area contributed by atoms with E-state index in [1.165, 1.54) is 13.0 Å². The number of esters is 1. The molecule has 0 saturated heterocycles. The Morgan fingerprint density at radius 3 is 2.60 bits per heavy atom. The fourth-order valence-electron chi connectivity index (χ4n) is 2.19. The molecular formula is C18H17F2NO4. The van der Waals surface area contributed by atoms with E-state index in [1.807, 2.05) is 0 Å². The van der Waals surface area contributed by atoms with Crippen molar-refractivity contribution in [2.75, 3.05) is 6.61 Å². The summed E-state index contributed by atoms with van der Waals surface area (Å²) in [6.45, 7) is 1.39. The predicted octanol–water partition coefficient (Wildman–Crippen LogP) is 3.14. The smallest absolute Gasteiger partial charge is 0.309 e. The van der Waals surface area contributed by atoms with E-state index < -0.39 is 29.6 Å². The van der Waals surface area contributed by atoms with Crippen LogP contribution in [0, 0.1) is 11.6 Å². The van der Waals surface area contributed by atoms with Gasteiger partial charge < -0.3 is 15.2 Å². The summed E-state index contributed by atoms with van der Waals surface area (Å²) in [4.78, 5) is 23.1. The Labute approximate surface area is 143 Å². The number of hydrogen-bond donors (Lipinski definition) is 1. The maximum atomic E-state index is 13.6. The van der Waals surface area contributed by atoms with Gasteiger partial charge in [-0.05, 0) is 37.3 Å². The quantitative estimate of drug-likeness (QED) is 0.779. The number of amides is 1. The normalized spacial score (nSPS) is 11.6. The van der Waals surface area contributed by atoms with Crippen LogP contribution in [-0.2, 0) is 9.53 Å². The molecule has 0 bridgehead atoms. The molecule has 0 aliphatic heterocycles. The molecule has 2 rings (SSSR count). The maximum Gasteiger partial charge on any atom is 0.309 e. The van der Waals surface area contributed by atoms with E-state index in [4.69, 9.17) is 15.2 Å². The molecule has 0 saturated carbocycles. The number of carbonyl (C=O) groups excluding carboxylic acids is 2. The molecule has 0 fully saturated rings. The highest BCUT2D eigenvalue weighted by molar-refractivity contribution is 5.95. The van der Waals surface area contributed by atoms with Crippen molar-refractivity contribution >= 4 is 11.9 Å². The molecule has 132 valence electrons. The van der Waals surface area contributed by atoms with Crippen LogP contribution in [0.25, 0.3) is 0 Å². The summed E-state index contributed by atoms with van der Waals surface area (Å²) in [6.07, 6.45) is -1.07. The molecule has 1 unspecified atom stereocenters. The van der Waals surface area contributed by atoms with E-state index in [9.17, 15) is 18.4 Å².